The van der Waals surface area contributed by atoms with Crippen LogP contribution in [0.15, 0.2) is 27.1 Å². The maximum absolute atomic E-state index is 8.84. The minimum atomic E-state index is 0.0575. The van der Waals surface area contributed by atoms with Crippen molar-refractivity contribution in [3.05, 3.63) is 32.7 Å². The van der Waals surface area contributed by atoms with Crippen LogP contribution in [0.1, 0.15) is 5.56 Å². The topological polar surface area (TPSA) is 20.2 Å². The molecular formula is C7H6Br2O. The average Bonchev–Trinajstić information content (AvgIpc) is 1.88. The second-order valence-electron chi connectivity index (χ2n) is 1.86. The average molecular weight is 266 g/mol. The van der Waals surface area contributed by atoms with Crippen LogP contribution in [0.5, 0.6) is 0 Å². The Bertz CT molecular complexity index is 215. The largest absolute Gasteiger partial charge is 0.392 e. The lowest BCUT2D eigenvalue weighted by molar-refractivity contribution is 0.280. The highest BCUT2D eigenvalue weighted by Crippen LogP contribution is 2.24. The Labute approximate surface area is 76.3 Å². The third-order valence-electron chi connectivity index (χ3n) is 1.22. The first-order valence-electron chi connectivity index (χ1n) is 2.79. The Morgan fingerprint density at radius 2 is 1.70 bits per heavy atom. The zero-order valence-electron chi connectivity index (χ0n) is 5.14. The minimum absolute atomic E-state index is 0.0575. The van der Waals surface area contributed by atoms with E-state index in [1.165, 1.54) is 0 Å². The molecule has 1 nitrogen and oxygen atoms in total. The Hall–Kier alpha value is 0.140. The monoisotopic (exact) mass is 264 g/mol. The Kier molecular flexibility index (Phi) is 2.89. The van der Waals surface area contributed by atoms with Gasteiger partial charge in [-0.2, -0.15) is 0 Å². The van der Waals surface area contributed by atoms with Crippen LogP contribution < -0.4 is 0 Å². The lowest BCUT2D eigenvalue weighted by Gasteiger charge is -2.01. The van der Waals surface area contributed by atoms with Gasteiger partial charge in [0.2, 0.25) is 0 Å². The zero-order valence-corrected chi connectivity index (χ0v) is 8.31. The fourth-order valence-corrected chi connectivity index (χ4v) is 1.93. The van der Waals surface area contributed by atoms with Gasteiger partial charge < -0.3 is 5.11 Å². The van der Waals surface area contributed by atoms with Crippen molar-refractivity contribution >= 4 is 31.9 Å². The summed E-state index contributed by atoms with van der Waals surface area (Å²) in [6.07, 6.45) is 0. The van der Waals surface area contributed by atoms with Crippen molar-refractivity contribution in [1.29, 1.82) is 0 Å². The van der Waals surface area contributed by atoms with E-state index in [9.17, 15) is 0 Å². The van der Waals surface area contributed by atoms with Gasteiger partial charge in [0, 0.05) is 14.5 Å². The van der Waals surface area contributed by atoms with Gasteiger partial charge in [-0.25, -0.2) is 0 Å². The lowest BCUT2D eigenvalue weighted by Crippen LogP contribution is -1.85. The normalized spacial score (nSPS) is 9.90. The predicted octanol–water partition coefficient (Wildman–Crippen LogP) is 2.70. The molecular weight excluding hydrogens is 260 g/mol. The Morgan fingerprint density at radius 1 is 1.20 bits per heavy atom. The number of halogens is 2. The number of benzene rings is 1. The van der Waals surface area contributed by atoms with Gasteiger partial charge in [0.15, 0.2) is 0 Å². The highest BCUT2D eigenvalue weighted by molar-refractivity contribution is 9.11. The van der Waals surface area contributed by atoms with Crippen LogP contribution in [0.3, 0.4) is 0 Å². The molecule has 0 aromatic heterocycles. The quantitative estimate of drug-likeness (QED) is 0.828. The van der Waals surface area contributed by atoms with Gasteiger partial charge in [-0.3, -0.25) is 0 Å². The van der Waals surface area contributed by atoms with E-state index in [-0.39, 0.29) is 6.61 Å². The van der Waals surface area contributed by atoms with Crippen molar-refractivity contribution in [2.24, 2.45) is 0 Å². The molecule has 0 fully saturated rings. The predicted molar refractivity (Wildman–Crippen MR) is 47.8 cm³/mol. The summed E-state index contributed by atoms with van der Waals surface area (Å²) in [5.41, 5.74) is 0.891. The van der Waals surface area contributed by atoms with Crippen LogP contribution in [0.2, 0.25) is 0 Å². The minimum Gasteiger partial charge on any atom is -0.392 e. The molecule has 0 amide bonds. The molecule has 1 N–H and O–H groups in total. The molecule has 0 aliphatic carbocycles. The van der Waals surface area contributed by atoms with Gasteiger partial charge in [0.05, 0.1) is 6.61 Å². The molecule has 0 unspecified atom stereocenters. The van der Waals surface area contributed by atoms with E-state index >= 15 is 0 Å². The lowest BCUT2D eigenvalue weighted by atomic mass is 10.2. The molecule has 1 aromatic carbocycles. The summed E-state index contributed by atoms with van der Waals surface area (Å²) in [7, 11) is 0. The second kappa shape index (κ2) is 3.51. The van der Waals surface area contributed by atoms with Crippen LogP contribution in [-0.2, 0) is 6.61 Å². The highest BCUT2D eigenvalue weighted by atomic mass is 79.9. The van der Waals surface area contributed by atoms with Gasteiger partial charge in [0.1, 0.15) is 0 Å². The molecule has 0 radical (unpaired) electrons. The van der Waals surface area contributed by atoms with E-state index in [0.29, 0.717) is 0 Å². The molecule has 0 aliphatic rings. The van der Waals surface area contributed by atoms with E-state index < -0.39 is 0 Å². The summed E-state index contributed by atoms with van der Waals surface area (Å²) in [4.78, 5) is 0. The standard InChI is InChI=1S/C7H6Br2O/c8-6-2-1-3-7(9)5(6)4-10/h1-3,10H,4H2. The molecule has 10 heavy (non-hydrogen) atoms. The first-order valence-corrected chi connectivity index (χ1v) is 4.38. The molecule has 0 saturated heterocycles. The molecule has 0 atom stereocenters. The van der Waals surface area contributed by atoms with E-state index in [1.807, 2.05) is 18.2 Å². The van der Waals surface area contributed by atoms with Gasteiger partial charge in [-0.05, 0) is 12.1 Å². The van der Waals surface area contributed by atoms with E-state index in [0.717, 1.165) is 14.5 Å². The molecule has 0 heterocycles. The number of aliphatic hydroxyl groups excluding tert-OH is 1. The molecule has 0 spiro atoms. The maximum atomic E-state index is 8.84. The van der Waals surface area contributed by atoms with Crippen LogP contribution in [0.25, 0.3) is 0 Å². The fraction of sp³-hybridized carbons (Fsp3) is 0.143. The van der Waals surface area contributed by atoms with Crippen molar-refractivity contribution in [2.75, 3.05) is 0 Å². The van der Waals surface area contributed by atoms with Gasteiger partial charge in [-0.15, -0.1) is 0 Å². The summed E-state index contributed by atoms with van der Waals surface area (Å²) in [6.45, 7) is 0.0575. The van der Waals surface area contributed by atoms with Crippen LogP contribution in [-0.4, -0.2) is 5.11 Å². The Balaban J connectivity index is 3.17. The molecule has 0 bridgehead atoms. The molecule has 54 valence electrons. The van der Waals surface area contributed by atoms with Crippen molar-refractivity contribution in [1.82, 2.24) is 0 Å². The fourth-order valence-electron chi connectivity index (χ4n) is 0.683. The number of rotatable bonds is 1. The summed E-state index contributed by atoms with van der Waals surface area (Å²) in [5.74, 6) is 0. The third kappa shape index (κ3) is 1.59. The smallest absolute Gasteiger partial charge is 0.0703 e. The number of hydrogen-bond acceptors (Lipinski definition) is 1. The van der Waals surface area contributed by atoms with Gasteiger partial charge in [-0.1, -0.05) is 37.9 Å². The zero-order chi connectivity index (χ0) is 7.56. The van der Waals surface area contributed by atoms with Crippen LogP contribution >= 0.6 is 31.9 Å². The maximum Gasteiger partial charge on any atom is 0.0703 e. The number of hydrogen-bond donors (Lipinski definition) is 1. The van der Waals surface area contributed by atoms with Crippen molar-refractivity contribution < 1.29 is 5.11 Å². The van der Waals surface area contributed by atoms with E-state index in [1.54, 1.807) is 0 Å². The second-order valence-corrected chi connectivity index (χ2v) is 3.57. The molecule has 3 heteroatoms. The SMILES string of the molecule is OCc1c(Br)cccc1Br. The first kappa shape index (κ1) is 8.24. The first-order chi connectivity index (χ1) is 4.75. The summed E-state index contributed by atoms with van der Waals surface area (Å²) in [6, 6.07) is 5.71. The van der Waals surface area contributed by atoms with E-state index in [4.69, 9.17) is 5.11 Å². The molecule has 0 saturated carbocycles. The number of aliphatic hydroxyl groups is 1. The molecule has 0 aliphatic heterocycles. The van der Waals surface area contributed by atoms with Crippen LogP contribution in [0.4, 0.5) is 0 Å². The van der Waals surface area contributed by atoms with Crippen LogP contribution in [0, 0.1) is 0 Å². The van der Waals surface area contributed by atoms with E-state index in [2.05, 4.69) is 31.9 Å². The van der Waals surface area contributed by atoms with Crippen molar-refractivity contribution in [2.45, 2.75) is 6.61 Å². The third-order valence-corrected chi connectivity index (χ3v) is 2.71. The molecule has 1 rings (SSSR count). The highest BCUT2D eigenvalue weighted by Gasteiger charge is 2.00. The summed E-state index contributed by atoms with van der Waals surface area (Å²) < 4.78 is 1.87. The Morgan fingerprint density at radius 3 is 2.00 bits per heavy atom. The van der Waals surface area contributed by atoms with Gasteiger partial charge in [0.25, 0.3) is 0 Å². The molecule has 1 aromatic rings. The summed E-state index contributed by atoms with van der Waals surface area (Å²) >= 11 is 6.63. The van der Waals surface area contributed by atoms with Crippen molar-refractivity contribution in [3.8, 4) is 0 Å². The van der Waals surface area contributed by atoms with Crippen molar-refractivity contribution in [3.63, 3.8) is 0 Å². The van der Waals surface area contributed by atoms with Gasteiger partial charge >= 0.3 is 0 Å². The summed E-state index contributed by atoms with van der Waals surface area (Å²) in [5, 5.41) is 8.84.